The van der Waals surface area contributed by atoms with Gasteiger partial charge in [-0.25, -0.2) is 9.97 Å². The average molecular weight is 588 g/mol. The van der Waals surface area contributed by atoms with Gasteiger partial charge in [-0.2, -0.15) is 0 Å². The van der Waals surface area contributed by atoms with E-state index in [9.17, 15) is 4.79 Å². The van der Waals surface area contributed by atoms with Crippen LogP contribution in [-0.4, -0.2) is 80.6 Å². The van der Waals surface area contributed by atoms with E-state index in [1.807, 2.05) is 49.1 Å². The van der Waals surface area contributed by atoms with E-state index in [0.717, 1.165) is 95.2 Å². The molecule has 2 saturated heterocycles. The quantitative estimate of drug-likeness (QED) is 0.234. The third-order valence-corrected chi connectivity index (χ3v) is 9.60. The van der Waals surface area contributed by atoms with Crippen molar-refractivity contribution < 1.29 is 4.79 Å². The van der Waals surface area contributed by atoms with Crippen molar-refractivity contribution in [3.8, 4) is 0 Å². The lowest BCUT2D eigenvalue weighted by molar-refractivity contribution is 0.0781. The number of para-hydroxylation sites is 2. The highest BCUT2D eigenvalue weighted by Gasteiger charge is 2.41. The van der Waals surface area contributed by atoms with Gasteiger partial charge in [0.2, 0.25) is 5.95 Å². The summed E-state index contributed by atoms with van der Waals surface area (Å²) in [6.45, 7) is 8.32. The molecule has 0 bridgehead atoms. The van der Waals surface area contributed by atoms with E-state index in [2.05, 4.69) is 83.4 Å². The summed E-state index contributed by atoms with van der Waals surface area (Å²) >= 11 is 0. The number of hydrogen-bond acceptors (Lipinski definition) is 5. The molecular weight excluding hydrogens is 546 g/mol. The highest BCUT2D eigenvalue weighted by Crippen LogP contribution is 2.38. The van der Waals surface area contributed by atoms with Crippen LogP contribution in [0.2, 0.25) is 0 Å². The first-order valence-electron chi connectivity index (χ1n) is 16.0. The van der Waals surface area contributed by atoms with Gasteiger partial charge in [-0.3, -0.25) is 4.79 Å². The number of aryl methyl sites for hydroxylation is 2. The molecule has 0 radical (unpaired) electrons. The second-order valence-electron chi connectivity index (χ2n) is 12.3. The maximum absolute atomic E-state index is 13.4. The zero-order chi connectivity index (χ0) is 29.8. The Morgan fingerprint density at radius 1 is 0.795 bits per heavy atom. The van der Waals surface area contributed by atoms with Gasteiger partial charge in [0, 0.05) is 69.2 Å². The minimum absolute atomic E-state index is 0.0288. The largest absolute Gasteiger partial charge is 0.341 e. The average Bonchev–Trinajstić information content (AvgIpc) is 3.80. The van der Waals surface area contributed by atoms with Crippen molar-refractivity contribution in [1.29, 1.82) is 0 Å². The summed E-state index contributed by atoms with van der Waals surface area (Å²) in [4.78, 5) is 29.9. The van der Waals surface area contributed by atoms with Crippen LogP contribution < -0.4 is 4.90 Å². The number of benzene rings is 3. The van der Waals surface area contributed by atoms with Gasteiger partial charge in [0.25, 0.3) is 5.91 Å². The predicted octanol–water partition coefficient (Wildman–Crippen LogP) is 5.32. The van der Waals surface area contributed by atoms with Gasteiger partial charge in [0.15, 0.2) is 0 Å². The first-order valence-corrected chi connectivity index (χ1v) is 16.0. The van der Waals surface area contributed by atoms with Crippen LogP contribution in [0.1, 0.15) is 35.2 Å². The van der Waals surface area contributed by atoms with Gasteiger partial charge in [0.1, 0.15) is 0 Å². The summed E-state index contributed by atoms with van der Waals surface area (Å²) in [7, 11) is 0. The van der Waals surface area contributed by atoms with Crippen LogP contribution in [0, 0.1) is 0 Å². The third-order valence-electron chi connectivity index (χ3n) is 9.60. The van der Waals surface area contributed by atoms with E-state index in [0.29, 0.717) is 0 Å². The predicted molar refractivity (Wildman–Crippen MR) is 175 cm³/mol. The maximum atomic E-state index is 13.4. The molecule has 4 heterocycles. The Kier molecular flexibility index (Phi) is 8.16. The van der Waals surface area contributed by atoms with Crippen LogP contribution in [0.4, 0.5) is 5.95 Å². The van der Waals surface area contributed by atoms with Gasteiger partial charge in [-0.15, -0.1) is 0 Å². The molecule has 2 aliphatic rings. The molecule has 0 spiro atoms. The number of nitrogens with zero attached hydrogens (tertiary/aromatic N) is 7. The molecular formula is C36H41N7O. The van der Waals surface area contributed by atoms with Crippen LogP contribution in [0.3, 0.4) is 0 Å². The Bertz CT molecular complexity index is 1670. The monoisotopic (exact) mass is 587 g/mol. The molecule has 7 rings (SSSR count). The summed E-state index contributed by atoms with van der Waals surface area (Å²) in [6.07, 6.45) is 8.87. The summed E-state index contributed by atoms with van der Waals surface area (Å²) in [5, 5.41) is 0. The molecule has 3 aromatic carbocycles. The molecule has 8 heteroatoms. The topological polar surface area (TPSA) is 62.4 Å². The van der Waals surface area contributed by atoms with Gasteiger partial charge < -0.3 is 23.8 Å². The van der Waals surface area contributed by atoms with E-state index < -0.39 is 0 Å². The van der Waals surface area contributed by atoms with Gasteiger partial charge >= 0.3 is 0 Å². The van der Waals surface area contributed by atoms with Crippen LogP contribution in [0.25, 0.3) is 11.0 Å². The molecule has 0 saturated carbocycles. The highest BCUT2D eigenvalue weighted by atomic mass is 16.2. The molecule has 0 N–H and O–H groups in total. The molecule has 8 nitrogen and oxygen atoms in total. The number of hydrogen-bond donors (Lipinski definition) is 0. The molecule has 2 aliphatic heterocycles. The van der Waals surface area contributed by atoms with E-state index >= 15 is 0 Å². The Morgan fingerprint density at radius 3 is 2.41 bits per heavy atom. The van der Waals surface area contributed by atoms with Crippen LogP contribution >= 0.6 is 0 Å². The molecule has 44 heavy (non-hydrogen) atoms. The zero-order valence-corrected chi connectivity index (χ0v) is 25.3. The Morgan fingerprint density at radius 2 is 1.59 bits per heavy atom. The third kappa shape index (κ3) is 5.86. The second kappa shape index (κ2) is 12.7. The van der Waals surface area contributed by atoms with Crippen molar-refractivity contribution in [2.75, 3.05) is 50.7 Å². The number of aromatic nitrogens is 4. The van der Waals surface area contributed by atoms with Crippen molar-refractivity contribution >= 4 is 22.9 Å². The first kappa shape index (κ1) is 28.3. The Labute approximate surface area is 259 Å². The highest BCUT2D eigenvalue weighted by molar-refractivity contribution is 5.94. The number of anilines is 1. The van der Waals surface area contributed by atoms with E-state index in [1.54, 1.807) is 0 Å². The fourth-order valence-electron chi connectivity index (χ4n) is 7.11. The number of amides is 1. The lowest BCUT2D eigenvalue weighted by Crippen LogP contribution is -2.39. The molecule has 2 aromatic heterocycles. The lowest BCUT2D eigenvalue weighted by Gasteiger charge is -2.33. The first-order chi connectivity index (χ1) is 21.7. The molecule has 0 aliphatic carbocycles. The van der Waals surface area contributed by atoms with Crippen molar-refractivity contribution in [2.45, 2.75) is 37.8 Å². The molecule has 5 aromatic rings. The van der Waals surface area contributed by atoms with Crippen molar-refractivity contribution in [3.05, 3.63) is 115 Å². The second-order valence-corrected chi connectivity index (χ2v) is 12.3. The number of rotatable bonds is 9. The fourth-order valence-corrected chi connectivity index (χ4v) is 7.11. The molecule has 226 valence electrons. The lowest BCUT2D eigenvalue weighted by atomic mass is 9.76. The van der Waals surface area contributed by atoms with Crippen molar-refractivity contribution in [1.82, 2.24) is 28.9 Å². The number of carbonyl (C=O) groups excluding carboxylic acids is 1. The number of imidazole rings is 2. The minimum atomic E-state index is -0.0288. The number of carbonyl (C=O) groups is 1. The Hall–Kier alpha value is -4.43. The smallest absolute Gasteiger partial charge is 0.253 e. The fraction of sp³-hybridized carbons (Fsp3) is 0.361. The normalized spacial score (nSPS) is 19.5. The van der Waals surface area contributed by atoms with Gasteiger partial charge in [-0.05, 0) is 62.2 Å². The SMILES string of the molecule is O=C(c1ccccc1)N1CCC(CCN2CCCN(c3nc4ccccc4n3CCn3ccnc3)CC2)(c2ccccc2)C1. The maximum Gasteiger partial charge on any atom is 0.253 e. The van der Waals surface area contributed by atoms with Crippen molar-refractivity contribution in [3.63, 3.8) is 0 Å². The molecule has 1 atom stereocenters. The minimum Gasteiger partial charge on any atom is -0.341 e. The summed E-state index contributed by atoms with van der Waals surface area (Å²) < 4.78 is 4.51. The van der Waals surface area contributed by atoms with E-state index in [1.165, 1.54) is 11.1 Å². The molecule has 1 amide bonds. The number of fused-ring (bicyclic) bond motifs is 1. The van der Waals surface area contributed by atoms with Crippen molar-refractivity contribution in [2.24, 2.45) is 0 Å². The standard InChI is InChI=1S/C36H41N7O/c44-34(30-10-3-1-4-11-30)42-22-17-36(28-42,31-12-5-2-6-13-31)16-21-39-19-9-20-41(26-24-39)35-38-32-14-7-8-15-33(32)43(35)27-25-40-23-18-37-29-40/h1-8,10-15,18,23,29H,9,16-17,19-22,24-28H2. The van der Waals surface area contributed by atoms with Crippen LogP contribution in [0.5, 0.6) is 0 Å². The van der Waals surface area contributed by atoms with E-state index in [-0.39, 0.29) is 11.3 Å². The van der Waals surface area contributed by atoms with Gasteiger partial charge in [0.05, 0.1) is 17.4 Å². The zero-order valence-electron chi connectivity index (χ0n) is 25.3. The summed E-state index contributed by atoms with van der Waals surface area (Å²) in [5.74, 6) is 1.21. The number of likely N-dealkylation sites (tertiary alicyclic amines) is 1. The molecule has 2 fully saturated rings. The van der Waals surface area contributed by atoms with E-state index in [4.69, 9.17) is 4.98 Å². The summed E-state index contributed by atoms with van der Waals surface area (Å²) in [5.41, 5.74) is 4.34. The van der Waals surface area contributed by atoms with Gasteiger partial charge in [-0.1, -0.05) is 60.7 Å². The Balaban J connectivity index is 1.05. The van der Waals surface area contributed by atoms with Crippen LogP contribution in [0.15, 0.2) is 104 Å². The van der Waals surface area contributed by atoms with Crippen LogP contribution in [-0.2, 0) is 18.5 Å². The summed E-state index contributed by atoms with van der Waals surface area (Å²) in [6, 6.07) is 29.1. The molecule has 1 unspecified atom stereocenters.